The van der Waals surface area contributed by atoms with Crippen molar-refractivity contribution in [3.05, 3.63) is 59.8 Å². The van der Waals surface area contributed by atoms with Crippen molar-refractivity contribution >= 4 is 44.6 Å². The molecule has 0 aliphatic carbocycles. The molecule has 10 heteroatoms. The monoisotopic (exact) mass is 474 g/mol. The highest BCUT2D eigenvalue weighted by Gasteiger charge is 2.27. The lowest BCUT2D eigenvalue weighted by Crippen LogP contribution is -2.40. The highest BCUT2D eigenvalue weighted by atomic mass is 32.2. The maximum Gasteiger partial charge on any atom is 0.340 e. The summed E-state index contributed by atoms with van der Waals surface area (Å²) in [5.74, 6) is -0.863. The lowest BCUT2D eigenvalue weighted by molar-refractivity contribution is 0.0300. The summed E-state index contributed by atoms with van der Waals surface area (Å²) in [5.41, 5.74) is 0.824. The Labute approximate surface area is 190 Å². The lowest BCUT2D eigenvalue weighted by Gasteiger charge is -2.27. The number of hydrogen-bond donors (Lipinski definition) is 0. The van der Waals surface area contributed by atoms with Crippen LogP contribution >= 0.6 is 11.8 Å². The van der Waals surface area contributed by atoms with Crippen LogP contribution in [0.15, 0.2) is 58.5 Å². The van der Waals surface area contributed by atoms with Crippen LogP contribution in [0.1, 0.15) is 20.7 Å². The highest BCUT2D eigenvalue weighted by molar-refractivity contribution is 7.98. The summed E-state index contributed by atoms with van der Waals surface area (Å²) in [6.45, 7) is 1.80. The van der Waals surface area contributed by atoms with E-state index in [1.165, 1.54) is 37.2 Å². The number of ether oxygens (including phenoxy) is 2. The maximum absolute atomic E-state index is 13.6. The van der Waals surface area contributed by atoms with Crippen molar-refractivity contribution in [3.63, 3.8) is 0 Å². The van der Waals surface area contributed by atoms with E-state index in [1.807, 2.05) is 6.26 Å². The van der Waals surface area contributed by atoms with Crippen molar-refractivity contribution in [2.24, 2.45) is 0 Å². The van der Waals surface area contributed by atoms with Crippen molar-refractivity contribution < 1.29 is 27.5 Å². The second-order valence-corrected chi connectivity index (χ2v) is 9.78. The second kappa shape index (κ2) is 8.97. The Balaban J connectivity index is 1.83. The van der Waals surface area contributed by atoms with Crippen LogP contribution in [-0.4, -0.2) is 68.8 Å². The Kier molecular flexibility index (Phi) is 6.27. The minimum Gasteiger partial charge on any atom is -0.465 e. The summed E-state index contributed by atoms with van der Waals surface area (Å²) in [4.78, 5) is 27.7. The Morgan fingerprint density at radius 3 is 2.47 bits per heavy atom. The molecule has 3 aromatic rings. The van der Waals surface area contributed by atoms with Crippen LogP contribution in [0.4, 0.5) is 0 Å². The number of amides is 1. The molecule has 0 N–H and O–H groups in total. The number of benzene rings is 2. The number of esters is 1. The van der Waals surface area contributed by atoms with Gasteiger partial charge in [-0.3, -0.25) is 4.79 Å². The molecule has 0 unspecified atom stereocenters. The van der Waals surface area contributed by atoms with Gasteiger partial charge in [0, 0.05) is 29.6 Å². The van der Waals surface area contributed by atoms with Gasteiger partial charge in [0.05, 0.1) is 41.9 Å². The molecule has 1 aliphatic heterocycles. The highest BCUT2D eigenvalue weighted by Crippen LogP contribution is 2.30. The van der Waals surface area contributed by atoms with E-state index >= 15 is 0 Å². The molecule has 168 valence electrons. The summed E-state index contributed by atoms with van der Waals surface area (Å²) in [6, 6.07) is 11.2. The van der Waals surface area contributed by atoms with Gasteiger partial charge in [-0.1, -0.05) is 18.2 Å². The standard InChI is InChI=1S/C22H22N2O6S2/c1-29-22(26)18-14-24(19-6-4-3-5-16(18)19)32(27,28)15-7-8-20(31-2)17(13-15)21(25)23-9-11-30-12-10-23/h3-8,13-14H,9-12H2,1-2H3. The van der Waals surface area contributed by atoms with Gasteiger partial charge in [0.25, 0.3) is 15.9 Å². The van der Waals surface area contributed by atoms with Crippen LogP contribution in [-0.2, 0) is 19.5 Å². The van der Waals surface area contributed by atoms with Crippen LogP contribution in [0.25, 0.3) is 10.9 Å². The van der Waals surface area contributed by atoms with Crippen molar-refractivity contribution in [2.45, 2.75) is 9.79 Å². The van der Waals surface area contributed by atoms with Gasteiger partial charge in [0.1, 0.15) is 0 Å². The van der Waals surface area contributed by atoms with Gasteiger partial charge < -0.3 is 14.4 Å². The summed E-state index contributed by atoms with van der Waals surface area (Å²) in [5, 5.41) is 0.466. The number of morpholine rings is 1. The Morgan fingerprint density at radius 1 is 1.06 bits per heavy atom. The predicted molar refractivity (Wildman–Crippen MR) is 121 cm³/mol. The third-order valence-corrected chi connectivity index (χ3v) is 7.81. The molecule has 1 aliphatic rings. The summed E-state index contributed by atoms with van der Waals surface area (Å²) in [7, 11) is -2.85. The van der Waals surface area contributed by atoms with Gasteiger partial charge in [0.2, 0.25) is 0 Å². The predicted octanol–water partition coefficient (Wildman–Crippen LogP) is 2.86. The molecule has 1 amide bonds. The Hall–Kier alpha value is -2.82. The maximum atomic E-state index is 13.6. The molecule has 1 aromatic heterocycles. The van der Waals surface area contributed by atoms with Crippen molar-refractivity contribution in [1.29, 1.82) is 0 Å². The number of aromatic nitrogens is 1. The molecule has 2 aromatic carbocycles. The quantitative estimate of drug-likeness (QED) is 0.415. The molecular formula is C22H22N2O6S2. The average molecular weight is 475 g/mol. The smallest absolute Gasteiger partial charge is 0.340 e. The molecule has 1 saturated heterocycles. The molecule has 32 heavy (non-hydrogen) atoms. The van der Waals surface area contributed by atoms with E-state index in [2.05, 4.69) is 0 Å². The molecule has 4 rings (SSSR count). The van der Waals surface area contributed by atoms with E-state index in [9.17, 15) is 18.0 Å². The topological polar surface area (TPSA) is 94.9 Å². The zero-order chi connectivity index (χ0) is 22.9. The molecule has 8 nitrogen and oxygen atoms in total. The molecule has 0 saturated carbocycles. The number of nitrogens with zero attached hydrogens (tertiary/aromatic N) is 2. The minimum atomic E-state index is -4.09. The number of fused-ring (bicyclic) bond motifs is 1. The van der Waals surface area contributed by atoms with Gasteiger partial charge in [-0.15, -0.1) is 11.8 Å². The third-order valence-electron chi connectivity index (χ3n) is 5.34. The van der Waals surface area contributed by atoms with E-state index in [-0.39, 0.29) is 16.4 Å². The normalized spacial score (nSPS) is 14.5. The van der Waals surface area contributed by atoms with Gasteiger partial charge in [-0.2, -0.15) is 0 Å². The fourth-order valence-electron chi connectivity index (χ4n) is 3.69. The fraction of sp³-hybridized carbons (Fsp3) is 0.273. The van der Waals surface area contributed by atoms with E-state index in [4.69, 9.17) is 9.47 Å². The first kappa shape index (κ1) is 22.4. The molecule has 2 heterocycles. The van der Waals surface area contributed by atoms with Crippen LogP contribution in [0.5, 0.6) is 0 Å². The van der Waals surface area contributed by atoms with Crippen molar-refractivity contribution in [2.75, 3.05) is 39.7 Å². The molecule has 0 atom stereocenters. The summed E-state index contributed by atoms with van der Waals surface area (Å²) in [6.07, 6.45) is 3.10. The van der Waals surface area contributed by atoms with Crippen molar-refractivity contribution in [1.82, 2.24) is 8.87 Å². The molecule has 0 radical (unpaired) electrons. The second-order valence-electron chi connectivity index (χ2n) is 7.12. The lowest BCUT2D eigenvalue weighted by atomic mass is 10.2. The fourth-order valence-corrected chi connectivity index (χ4v) is 5.65. The number of methoxy groups -OCH3 is 1. The van der Waals surface area contributed by atoms with Crippen molar-refractivity contribution in [3.8, 4) is 0 Å². The third kappa shape index (κ3) is 3.89. The number of carbonyl (C=O) groups excluding carboxylic acids is 2. The molecular weight excluding hydrogens is 452 g/mol. The van der Waals surface area contributed by atoms with Gasteiger partial charge in [-0.25, -0.2) is 17.2 Å². The SMILES string of the molecule is COC(=O)c1cn(S(=O)(=O)c2ccc(SC)c(C(=O)N3CCOCC3)c2)c2ccccc12. The van der Waals surface area contributed by atoms with Crippen LogP contribution in [0.3, 0.4) is 0 Å². The van der Waals surface area contributed by atoms with Crippen LogP contribution in [0.2, 0.25) is 0 Å². The van der Waals surface area contributed by atoms with Crippen LogP contribution < -0.4 is 0 Å². The number of para-hydroxylation sites is 1. The first-order chi connectivity index (χ1) is 15.4. The molecule has 1 fully saturated rings. The molecule has 0 spiro atoms. The zero-order valence-corrected chi connectivity index (χ0v) is 19.2. The Bertz CT molecular complexity index is 1290. The number of carbonyl (C=O) groups is 2. The number of rotatable bonds is 5. The van der Waals surface area contributed by atoms with E-state index in [0.717, 1.165) is 3.97 Å². The van der Waals surface area contributed by atoms with Gasteiger partial charge >= 0.3 is 5.97 Å². The Morgan fingerprint density at radius 2 is 1.78 bits per heavy atom. The van der Waals surface area contributed by atoms with Crippen LogP contribution in [0, 0.1) is 0 Å². The molecule has 0 bridgehead atoms. The first-order valence-electron chi connectivity index (χ1n) is 9.87. The summed E-state index contributed by atoms with van der Waals surface area (Å²) < 4.78 is 38.4. The van der Waals surface area contributed by atoms with E-state index in [1.54, 1.807) is 35.2 Å². The number of thioether (sulfide) groups is 1. The average Bonchev–Trinajstić information content (AvgIpc) is 3.24. The van der Waals surface area contributed by atoms with E-state index < -0.39 is 16.0 Å². The minimum absolute atomic E-state index is 0.0379. The number of hydrogen-bond acceptors (Lipinski definition) is 7. The largest absolute Gasteiger partial charge is 0.465 e. The summed E-state index contributed by atoms with van der Waals surface area (Å²) >= 11 is 1.37. The van der Waals surface area contributed by atoms with E-state index in [0.29, 0.717) is 47.7 Å². The zero-order valence-electron chi connectivity index (χ0n) is 17.6. The van der Waals surface area contributed by atoms with Gasteiger partial charge in [-0.05, 0) is 30.5 Å². The first-order valence-corrected chi connectivity index (χ1v) is 12.5. The van der Waals surface area contributed by atoms with Gasteiger partial charge in [0.15, 0.2) is 0 Å².